The maximum Gasteiger partial charge on any atom is 0.187 e. The molecule has 14 nitrogen and oxygen atoms in total. The highest BCUT2D eigenvalue weighted by Gasteiger charge is 2.52. The molecule has 3 fully saturated rings. The summed E-state index contributed by atoms with van der Waals surface area (Å²) in [7, 11) is 0. The summed E-state index contributed by atoms with van der Waals surface area (Å²) >= 11 is 0. The monoisotopic (exact) mass is 444 g/mol. The summed E-state index contributed by atoms with van der Waals surface area (Å²) in [5.41, 5.74) is 0. The van der Waals surface area contributed by atoms with Gasteiger partial charge in [-0.1, -0.05) is 0 Å². The molecule has 3 heterocycles. The molecule has 0 aromatic carbocycles. The maximum atomic E-state index is 10.5. The lowest BCUT2D eigenvalue weighted by molar-refractivity contribution is -0.319. The number of ether oxygens (including phenoxy) is 5. The first-order valence-electron chi connectivity index (χ1n) is 9.41. The zero-order chi connectivity index (χ0) is 22.2. The Bertz CT molecular complexity index is 550. The number of hydrogen-bond acceptors (Lipinski definition) is 14. The van der Waals surface area contributed by atoms with Crippen molar-refractivity contribution >= 4 is 0 Å². The highest BCUT2D eigenvalue weighted by Crippen LogP contribution is 2.31. The normalized spacial score (nSPS) is 52.5. The van der Waals surface area contributed by atoms with Crippen LogP contribution in [0.5, 0.6) is 0 Å². The fourth-order valence-corrected chi connectivity index (χ4v) is 3.57. The van der Waals surface area contributed by atoms with Gasteiger partial charge >= 0.3 is 0 Å². The van der Waals surface area contributed by atoms with E-state index in [1.54, 1.807) is 0 Å². The molecule has 3 saturated heterocycles. The minimum absolute atomic E-state index is 0.347. The van der Waals surface area contributed by atoms with Gasteiger partial charge in [0.15, 0.2) is 18.9 Å². The summed E-state index contributed by atoms with van der Waals surface area (Å²) in [5, 5.41) is 88.5. The third-order valence-electron chi connectivity index (χ3n) is 5.35. The van der Waals surface area contributed by atoms with E-state index >= 15 is 0 Å². The summed E-state index contributed by atoms with van der Waals surface area (Å²) < 4.78 is 26.2. The summed E-state index contributed by atoms with van der Waals surface area (Å²) in [4.78, 5) is 0. The van der Waals surface area contributed by atoms with E-state index in [2.05, 4.69) is 0 Å². The van der Waals surface area contributed by atoms with Crippen LogP contribution in [-0.4, -0.2) is 146 Å². The van der Waals surface area contributed by atoms with Crippen LogP contribution >= 0.6 is 0 Å². The zero-order valence-corrected chi connectivity index (χ0v) is 15.7. The molecule has 0 bridgehead atoms. The van der Waals surface area contributed by atoms with Gasteiger partial charge in [-0.05, 0) is 0 Å². The Morgan fingerprint density at radius 2 is 1.20 bits per heavy atom. The van der Waals surface area contributed by atoms with Gasteiger partial charge < -0.3 is 69.6 Å². The molecular formula is C16H28O14. The van der Waals surface area contributed by atoms with Crippen LogP contribution < -0.4 is 0 Å². The Balaban J connectivity index is 1.68. The lowest BCUT2D eigenvalue weighted by Gasteiger charge is -2.41. The van der Waals surface area contributed by atoms with Crippen LogP contribution in [0.25, 0.3) is 0 Å². The van der Waals surface area contributed by atoms with Crippen molar-refractivity contribution < 1.29 is 69.6 Å². The van der Waals surface area contributed by atoms with Crippen molar-refractivity contribution in [3.8, 4) is 0 Å². The number of hydrogen-bond donors (Lipinski definition) is 9. The van der Waals surface area contributed by atoms with E-state index in [1.807, 2.05) is 0 Å². The fourth-order valence-electron chi connectivity index (χ4n) is 3.57. The molecule has 0 saturated carbocycles. The van der Waals surface area contributed by atoms with Crippen LogP contribution in [0.2, 0.25) is 0 Å². The van der Waals surface area contributed by atoms with Gasteiger partial charge in [0.25, 0.3) is 0 Å². The van der Waals surface area contributed by atoms with Crippen molar-refractivity contribution in [2.45, 2.75) is 79.9 Å². The summed E-state index contributed by atoms with van der Waals surface area (Å²) in [6.07, 6.45) is -19.6. The molecular weight excluding hydrogens is 416 g/mol. The van der Waals surface area contributed by atoms with E-state index in [4.69, 9.17) is 23.7 Å². The van der Waals surface area contributed by atoms with Crippen molar-refractivity contribution in [2.24, 2.45) is 0 Å². The minimum Gasteiger partial charge on any atom is -0.394 e. The van der Waals surface area contributed by atoms with E-state index in [1.165, 1.54) is 0 Å². The Hall–Kier alpha value is -0.560. The second kappa shape index (κ2) is 9.93. The number of aliphatic hydroxyl groups is 9. The average Bonchev–Trinajstić information content (AvgIpc) is 3.03. The van der Waals surface area contributed by atoms with Crippen molar-refractivity contribution in [3.63, 3.8) is 0 Å². The van der Waals surface area contributed by atoms with Gasteiger partial charge in [0.2, 0.25) is 0 Å². The average molecular weight is 444 g/mol. The Morgan fingerprint density at radius 3 is 1.83 bits per heavy atom. The standard InChI is InChI=1S/C16H28O14/c17-1-5-7(20)8(21)9(22)15(27-5)30-13-6(2-18)28-16(11(13)24)29-12-4(19)3-26-14(25)10(12)23/h4-25H,1-3H2/t4-,5-,6-,7+,8+,9+,10-,11+,12+,13+,14+,15-,16+/m0/s1. The Labute approximate surface area is 170 Å². The van der Waals surface area contributed by atoms with Crippen LogP contribution in [0.15, 0.2) is 0 Å². The molecule has 3 aliphatic rings. The van der Waals surface area contributed by atoms with Crippen molar-refractivity contribution in [2.75, 3.05) is 19.8 Å². The molecule has 3 rings (SSSR count). The molecule has 0 unspecified atom stereocenters. The topological polar surface area (TPSA) is 228 Å². The smallest absolute Gasteiger partial charge is 0.187 e. The van der Waals surface area contributed by atoms with E-state index in [0.29, 0.717) is 0 Å². The highest BCUT2D eigenvalue weighted by molar-refractivity contribution is 4.94. The molecule has 14 heteroatoms. The molecule has 3 aliphatic heterocycles. The van der Waals surface area contributed by atoms with Crippen molar-refractivity contribution in [3.05, 3.63) is 0 Å². The molecule has 30 heavy (non-hydrogen) atoms. The van der Waals surface area contributed by atoms with Gasteiger partial charge in [-0.2, -0.15) is 0 Å². The van der Waals surface area contributed by atoms with E-state index in [9.17, 15) is 46.0 Å². The van der Waals surface area contributed by atoms with Crippen LogP contribution in [0.1, 0.15) is 0 Å². The Morgan fingerprint density at radius 1 is 0.633 bits per heavy atom. The molecule has 0 aromatic rings. The molecule has 0 radical (unpaired) electrons. The quantitative estimate of drug-likeness (QED) is 0.186. The highest BCUT2D eigenvalue weighted by atomic mass is 16.8. The van der Waals surface area contributed by atoms with E-state index in [0.717, 1.165) is 0 Å². The van der Waals surface area contributed by atoms with Crippen LogP contribution in [0, 0.1) is 0 Å². The van der Waals surface area contributed by atoms with Crippen LogP contribution in [-0.2, 0) is 23.7 Å². The summed E-state index contributed by atoms with van der Waals surface area (Å²) in [5.74, 6) is 0. The predicted octanol–water partition coefficient (Wildman–Crippen LogP) is -6.29. The SMILES string of the molecule is OC[C@@H]1O[C@@H](O[C@H]2[C@@H](O)[C@@H](O[C@H]3[C@H](O)[C@H](O)OC[C@@H]3O)O[C@H]2CO)[C@H](O)[C@H](O)[C@@H]1O. The predicted molar refractivity (Wildman–Crippen MR) is 89.2 cm³/mol. The second-order valence-electron chi connectivity index (χ2n) is 7.40. The minimum atomic E-state index is -1.75. The molecule has 13 atom stereocenters. The summed E-state index contributed by atoms with van der Waals surface area (Å²) in [6, 6.07) is 0. The fraction of sp³-hybridized carbons (Fsp3) is 1.00. The third-order valence-corrected chi connectivity index (χ3v) is 5.35. The largest absolute Gasteiger partial charge is 0.394 e. The lowest BCUT2D eigenvalue weighted by Crippen LogP contribution is -2.60. The zero-order valence-electron chi connectivity index (χ0n) is 15.7. The van der Waals surface area contributed by atoms with Gasteiger partial charge in [0.05, 0.1) is 19.8 Å². The first kappa shape index (κ1) is 24.1. The second-order valence-corrected chi connectivity index (χ2v) is 7.40. The lowest BCUT2D eigenvalue weighted by atomic mass is 9.99. The molecule has 0 aliphatic carbocycles. The molecule has 9 N–H and O–H groups in total. The molecule has 0 amide bonds. The maximum absolute atomic E-state index is 10.5. The van der Waals surface area contributed by atoms with E-state index in [-0.39, 0.29) is 6.61 Å². The van der Waals surface area contributed by atoms with Gasteiger partial charge in [0.1, 0.15) is 61.0 Å². The first-order valence-corrected chi connectivity index (χ1v) is 9.41. The van der Waals surface area contributed by atoms with Gasteiger partial charge in [-0.25, -0.2) is 0 Å². The van der Waals surface area contributed by atoms with E-state index < -0.39 is 93.1 Å². The Kier molecular flexibility index (Phi) is 7.97. The molecule has 176 valence electrons. The third kappa shape index (κ3) is 4.62. The van der Waals surface area contributed by atoms with Crippen LogP contribution in [0.4, 0.5) is 0 Å². The van der Waals surface area contributed by atoms with Gasteiger partial charge in [-0.15, -0.1) is 0 Å². The first-order chi connectivity index (χ1) is 14.2. The number of rotatable bonds is 6. The number of aliphatic hydroxyl groups excluding tert-OH is 9. The molecule has 0 spiro atoms. The van der Waals surface area contributed by atoms with Crippen LogP contribution in [0.3, 0.4) is 0 Å². The van der Waals surface area contributed by atoms with Gasteiger partial charge in [-0.3, -0.25) is 0 Å². The van der Waals surface area contributed by atoms with Crippen molar-refractivity contribution in [1.29, 1.82) is 0 Å². The van der Waals surface area contributed by atoms with Gasteiger partial charge in [0, 0.05) is 0 Å². The molecule has 0 aromatic heterocycles. The summed E-state index contributed by atoms with van der Waals surface area (Å²) in [6.45, 7) is -1.70. The van der Waals surface area contributed by atoms with Crippen molar-refractivity contribution in [1.82, 2.24) is 0 Å².